The lowest BCUT2D eigenvalue weighted by Gasteiger charge is -2.48. The van der Waals surface area contributed by atoms with Gasteiger partial charge in [0.25, 0.3) is 0 Å². The lowest BCUT2D eigenvalue weighted by Crippen LogP contribution is -2.61. The summed E-state index contributed by atoms with van der Waals surface area (Å²) in [5, 5.41) is 12.5. The SMILES string of the molecule is Cc1c(C2(C)CN3CCNCC3CO2)ccc(F)c1C#N. The molecule has 112 valence electrons. The van der Waals surface area contributed by atoms with E-state index in [1.54, 1.807) is 13.0 Å². The topological polar surface area (TPSA) is 48.3 Å². The molecule has 2 heterocycles. The molecule has 2 atom stereocenters. The molecule has 3 rings (SSSR count). The van der Waals surface area contributed by atoms with Crippen molar-refractivity contribution < 1.29 is 9.13 Å². The third-order valence-corrected chi connectivity index (χ3v) is 4.67. The maximum atomic E-state index is 13.7. The molecule has 4 nitrogen and oxygen atoms in total. The number of fused-ring (bicyclic) bond motifs is 1. The summed E-state index contributed by atoms with van der Waals surface area (Å²) in [4.78, 5) is 2.43. The maximum Gasteiger partial charge on any atom is 0.141 e. The monoisotopic (exact) mass is 289 g/mol. The second-order valence-electron chi connectivity index (χ2n) is 6.08. The van der Waals surface area contributed by atoms with E-state index in [2.05, 4.69) is 10.2 Å². The Morgan fingerprint density at radius 1 is 1.52 bits per heavy atom. The van der Waals surface area contributed by atoms with E-state index < -0.39 is 11.4 Å². The van der Waals surface area contributed by atoms with Gasteiger partial charge in [-0.1, -0.05) is 6.07 Å². The van der Waals surface area contributed by atoms with Crippen LogP contribution in [-0.2, 0) is 10.3 Å². The minimum absolute atomic E-state index is 0.125. The fourth-order valence-electron chi connectivity index (χ4n) is 3.44. The van der Waals surface area contributed by atoms with Gasteiger partial charge in [-0.3, -0.25) is 4.90 Å². The van der Waals surface area contributed by atoms with Crippen molar-refractivity contribution >= 4 is 0 Å². The minimum Gasteiger partial charge on any atom is -0.368 e. The normalized spacial score (nSPS) is 29.7. The van der Waals surface area contributed by atoms with Gasteiger partial charge in [-0.25, -0.2) is 4.39 Å². The van der Waals surface area contributed by atoms with Gasteiger partial charge in [0.05, 0.1) is 12.2 Å². The van der Waals surface area contributed by atoms with Crippen molar-refractivity contribution in [3.63, 3.8) is 0 Å². The van der Waals surface area contributed by atoms with Gasteiger partial charge in [0.1, 0.15) is 17.5 Å². The summed E-state index contributed by atoms with van der Waals surface area (Å²) in [5.41, 5.74) is 1.24. The van der Waals surface area contributed by atoms with Gasteiger partial charge >= 0.3 is 0 Å². The van der Waals surface area contributed by atoms with E-state index in [0.717, 1.165) is 31.7 Å². The first-order valence-electron chi connectivity index (χ1n) is 7.33. The van der Waals surface area contributed by atoms with Gasteiger partial charge in [0.2, 0.25) is 0 Å². The Morgan fingerprint density at radius 3 is 3.10 bits per heavy atom. The quantitative estimate of drug-likeness (QED) is 0.851. The maximum absolute atomic E-state index is 13.7. The summed E-state index contributed by atoms with van der Waals surface area (Å²) in [6, 6.07) is 5.50. The second kappa shape index (κ2) is 5.38. The largest absolute Gasteiger partial charge is 0.368 e. The summed E-state index contributed by atoms with van der Waals surface area (Å²) >= 11 is 0. The number of hydrogen-bond acceptors (Lipinski definition) is 4. The number of rotatable bonds is 1. The van der Waals surface area contributed by atoms with Crippen LogP contribution in [0.2, 0.25) is 0 Å². The molecule has 1 aromatic carbocycles. The molecule has 2 aliphatic heterocycles. The molecule has 2 saturated heterocycles. The highest BCUT2D eigenvalue weighted by Gasteiger charge is 2.40. The Hall–Kier alpha value is -1.48. The third kappa shape index (κ3) is 2.44. The molecule has 5 heteroatoms. The molecular formula is C16H20FN3O. The fourth-order valence-corrected chi connectivity index (χ4v) is 3.44. The number of hydrogen-bond donors (Lipinski definition) is 1. The summed E-state index contributed by atoms with van der Waals surface area (Å²) in [6.07, 6.45) is 0. The molecule has 0 radical (unpaired) electrons. The molecule has 0 amide bonds. The third-order valence-electron chi connectivity index (χ3n) is 4.67. The van der Waals surface area contributed by atoms with Crippen molar-refractivity contribution in [3.8, 4) is 6.07 Å². The second-order valence-corrected chi connectivity index (χ2v) is 6.08. The number of ether oxygens (including phenoxy) is 1. The number of benzene rings is 1. The Balaban J connectivity index is 1.94. The highest BCUT2D eigenvalue weighted by molar-refractivity contribution is 5.45. The van der Waals surface area contributed by atoms with Crippen LogP contribution in [-0.4, -0.2) is 43.7 Å². The van der Waals surface area contributed by atoms with Crippen LogP contribution in [0, 0.1) is 24.1 Å². The van der Waals surface area contributed by atoms with Crippen molar-refractivity contribution in [2.75, 3.05) is 32.8 Å². The van der Waals surface area contributed by atoms with Crippen LogP contribution in [0.4, 0.5) is 4.39 Å². The van der Waals surface area contributed by atoms with Crippen molar-refractivity contribution in [2.24, 2.45) is 0 Å². The van der Waals surface area contributed by atoms with Crippen LogP contribution in [0.25, 0.3) is 0 Å². The molecular weight excluding hydrogens is 269 g/mol. The zero-order valence-electron chi connectivity index (χ0n) is 12.4. The van der Waals surface area contributed by atoms with Crippen molar-refractivity contribution in [2.45, 2.75) is 25.5 Å². The number of nitriles is 1. The standard InChI is InChI=1S/C16H20FN3O/c1-11-13(7-18)15(17)4-3-14(11)16(2)10-20-6-5-19-8-12(20)9-21-16/h3-4,12,19H,5-6,8-10H2,1-2H3. The molecule has 1 aromatic rings. The molecule has 0 saturated carbocycles. The van der Waals surface area contributed by atoms with Crippen LogP contribution >= 0.6 is 0 Å². The van der Waals surface area contributed by atoms with Crippen molar-refractivity contribution in [1.29, 1.82) is 5.26 Å². The predicted molar refractivity (Wildman–Crippen MR) is 77.4 cm³/mol. The molecule has 2 aliphatic rings. The Kier molecular flexibility index (Phi) is 3.70. The molecule has 2 fully saturated rings. The molecule has 0 spiro atoms. The first kappa shape index (κ1) is 14.5. The van der Waals surface area contributed by atoms with Crippen LogP contribution in [0.3, 0.4) is 0 Å². The van der Waals surface area contributed by atoms with Gasteiger partial charge in [-0.05, 0) is 31.0 Å². The first-order valence-corrected chi connectivity index (χ1v) is 7.33. The molecule has 1 N–H and O–H groups in total. The van der Waals surface area contributed by atoms with Gasteiger partial charge in [-0.2, -0.15) is 5.26 Å². The first-order chi connectivity index (χ1) is 10.0. The van der Waals surface area contributed by atoms with Crippen LogP contribution in [0.15, 0.2) is 12.1 Å². The average Bonchev–Trinajstić information content (AvgIpc) is 2.47. The number of morpholine rings is 1. The van der Waals surface area contributed by atoms with Gasteiger partial charge in [-0.15, -0.1) is 0 Å². The number of nitrogens with zero attached hydrogens (tertiary/aromatic N) is 2. The van der Waals surface area contributed by atoms with Crippen LogP contribution < -0.4 is 5.32 Å². The van der Waals surface area contributed by atoms with Crippen molar-refractivity contribution in [1.82, 2.24) is 10.2 Å². The zero-order valence-corrected chi connectivity index (χ0v) is 12.4. The van der Waals surface area contributed by atoms with E-state index in [1.807, 2.05) is 13.0 Å². The summed E-state index contributed by atoms with van der Waals surface area (Å²) in [5.74, 6) is -0.460. The summed E-state index contributed by atoms with van der Waals surface area (Å²) in [6.45, 7) is 8.19. The number of halogens is 1. The number of piperazine rings is 1. The van der Waals surface area contributed by atoms with Gasteiger partial charge < -0.3 is 10.1 Å². The summed E-state index contributed by atoms with van der Waals surface area (Å²) < 4.78 is 19.8. The summed E-state index contributed by atoms with van der Waals surface area (Å²) in [7, 11) is 0. The average molecular weight is 289 g/mol. The highest BCUT2D eigenvalue weighted by Crippen LogP contribution is 2.35. The Morgan fingerprint density at radius 2 is 2.33 bits per heavy atom. The molecule has 0 aromatic heterocycles. The van der Waals surface area contributed by atoms with Crippen molar-refractivity contribution in [3.05, 3.63) is 34.6 Å². The van der Waals surface area contributed by atoms with Crippen LogP contribution in [0.5, 0.6) is 0 Å². The van der Waals surface area contributed by atoms with Gasteiger partial charge in [0.15, 0.2) is 0 Å². The Labute approximate surface area is 124 Å². The predicted octanol–water partition coefficient (Wildman–Crippen LogP) is 1.52. The van der Waals surface area contributed by atoms with E-state index in [4.69, 9.17) is 10.00 Å². The number of nitrogens with one attached hydrogen (secondary N) is 1. The van der Waals surface area contributed by atoms with E-state index in [-0.39, 0.29) is 5.56 Å². The molecule has 0 bridgehead atoms. The highest BCUT2D eigenvalue weighted by atomic mass is 19.1. The lowest BCUT2D eigenvalue weighted by molar-refractivity contribution is -0.134. The van der Waals surface area contributed by atoms with Crippen LogP contribution in [0.1, 0.15) is 23.6 Å². The molecule has 21 heavy (non-hydrogen) atoms. The van der Waals surface area contributed by atoms with Gasteiger partial charge in [0, 0.05) is 32.2 Å². The van der Waals surface area contributed by atoms with E-state index >= 15 is 0 Å². The lowest BCUT2D eigenvalue weighted by atomic mass is 9.87. The minimum atomic E-state index is -0.489. The molecule has 2 unspecified atom stereocenters. The Bertz CT molecular complexity index is 598. The smallest absolute Gasteiger partial charge is 0.141 e. The van der Waals surface area contributed by atoms with E-state index in [1.165, 1.54) is 6.07 Å². The fraction of sp³-hybridized carbons (Fsp3) is 0.562. The van der Waals surface area contributed by atoms with E-state index in [9.17, 15) is 4.39 Å². The molecule has 0 aliphatic carbocycles. The zero-order chi connectivity index (χ0) is 15.0. The van der Waals surface area contributed by atoms with E-state index in [0.29, 0.717) is 18.2 Å².